The second-order valence-corrected chi connectivity index (χ2v) is 10.4. The maximum absolute atomic E-state index is 13.2. The van der Waals surface area contributed by atoms with Crippen LogP contribution in [0.5, 0.6) is 0 Å². The zero-order valence-electron chi connectivity index (χ0n) is 23.7. The van der Waals surface area contributed by atoms with Crippen LogP contribution in [-0.4, -0.2) is 38.3 Å². The molecule has 0 spiro atoms. The average molecular weight is 550 g/mol. The van der Waals surface area contributed by atoms with E-state index in [-0.39, 0.29) is 11.9 Å². The van der Waals surface area contributed by atoms with Gasteiger partial charge in [-0.1, -0.05) is 85.8 Å². The van der Waals surface area contributed by atoms with Gasteiger partial charge in [0.05, 0.1) is 12.6 Å². The molecule has 212 valence electrons. The molecule has 1 saturated heterocycles. The molecule has 0 radical (unpaired) electrons. The maximum atomic E-state index is 13.2. The Kier molecular flexibility index (Phi) is 10.2. The van der Waals surface area contributed by atoms with Crippen LogP contribution in [0.2, 0.25) is 0 Å². The van der Waals surface area contributed by atoms with Gasteiger partial charge in [0, 0.05) is 36.1 Å². The van der Waals surface area contributed by atoms with Crippen LogP contribution >= 0.6 is 0 Å². The highest BCUT2D eigenvalue weighted by atomic mass is 17.2. The number of nitrogens with one attached hydrogen (secondary N) is 2. The van der Waals surface area contributed by atoms with E-state index in [1.54, 1.807) is 0 Å². The first-order valence-electron chi connectivity index (χ1n) is 14.6. The third-order valence-electron chi connectivity index (χ3n) is 7.49. The van der Waals surface area contributed by atoms with Gasteiger partial charge in [-0.25, -0.2) is 9.78 Å². The first kappa shape index (κ1) is 28.6. The summed E-state index contributed by atoms with van der Waals surface area (Å²) >= 11 is 0. The van der Waals surface area contributed by atoms with Crippen LogP contribution in [-0.2, 0) is 9.78 Å². The molecule has 6 heteroatoms. The van der Waals surface area contributed by atoms with Crippen LogP contribution in [0.15, 0.2) is 109 Å². The van der Waals surface area contributed by atoms with Gasteiger partial charge in [-0.3, -0.25) is 4.79 Å². The number of hydrogen-bond donors (Lipinski definition) is 2. The zero-order chi connectivity index (χ0) is 28.3. The van der Waals surface area contributed by atoms with E-state index in [4.69, 9.17) is 9.78 Å². The molecular weight excluding hydrogens is 510 g/mol. The molecule has 1 amide bonds. The van der Waals surface area contributed by atoms with Crippen LogP contribution in [0.25, 0.3) is 11.1 Å². The van der Waals surface area contributed by atoms with Crippen molar-refractivity contribution in [1.82, 2.24) is 5.32 Å². The molecule has 2 N–H and O–H groups in total. The molecule has 1 unspecified atom stereocenters. The number of benzene rings is 4. The first-order valence-corrected chi connectivity index (χ1v) is 14.6. The normalized spacial score (nSPS) is 14.5. The molecule has 4 aromatic rings. The Balaban J connectivity index is 1.15. The Morgan fingerprint density at radius 1 is 0.829 bits per heavy atom. The number of piperidine rings is 1. The predicted octanol–water partition coefficient (Wildman–Crippen LogP) is 7.26. The molecule has 1 aliphatic heterocycles. The second-order valence-electron chi connectivity index (χ2n) is 10.4. The third-order valence-corrected chi connectivity index (χ3v) is 7.49. The summed E-state index contributed by atoms with van der Waals surface area (Å²) in [6.45, 7) is 5.07. The zero-order valence-corrected chi connectivity index (χ0v) is 23.7. The van der Waals surface area contributed by atoms with E-state index in [0.29, 0.717) is 24.8 Å². The van der Waals surface area contributed by atoms with Gasteiger partial charge in [0.1, 0.15) is 6.61 Å². The van der Waals surface area contributed by atoms with E-state index in [1.807, 2.05) is 72.8 Å². The fraction of sp³-hybridized carbons (Fsp3) is 0.286. The molecular formula is C35H39N3O3. The summed E-state index contributed by atoms with van der Waals surface area (Å²) in [6.07, 6.45) is 3.00. The minimum absolute atomic E-state index is 0.0829. The molecule has 0 saturated carbocycles. The molecule has 5 rings (SSSR count). The van der Waals surface area contributed by atoms with Crippen LogP contribution < -0.4 is 15.5 Å². The van der Waals surface area contributed by atoms with Crippen LogP contribution in [0.4, 0.5) is 11.4 Å². The lowest BCUT2D eigenvalue weighted by atomic mass is 9.99. The molecule has 0 bridgehead atoms. The predicted molar refractivity (Wildman–Crippen MR) is 166 cm³/mol. The van der Waals surface area contributed by atoms with E-state index in [2.05, 4.69) is 58.9 Å². The van der Waals surface area contributed by atoms with Gasteiger partial charge >= 0.3 is 0 Å². The van der Waals surface area contributed by atoms with Crippen molar-refractivity contribution in [2.45, 2.75) is 38.3 Å². The highest BCUT2D eigenvalue weighted by molar-refractivity contribution is 6.08. The molecule has 0 aliphatic carbocycles. The fourth-order valence-electron chi connectivity index (χ4n) is 5.28. The van der Waals surface area contributed by atoms with Crippen LogP contribution in [0.3, 0.4) is 0 Å². The Morgan fingerprint density at radius 3 is 2.20 bits per heavy atom. The Bertz CT molecular complexity index is 1350. The van der Waals surface area contributed by atoms with Gasteiger partial charge in [-0.05, 0) is 66.3 Å². The smallest absolute Gasteiger partial charge is 0.256 e. The van der Waals surface area contributed by atoms with Gasteiger partial charge in [0.15, 0.2) is 0 Å². The van der Waals surface area contributed by atoms with E-state index in [0.717, 1.165) is 49.2 Å². The number of anilines is 2. The number of nitrogens with zero attached hydrogens (tertiary/aromatic N) is 1. The Morgan fingerprint density at radius 2 is 1.49 bits per heavy atom. The summed E-state index contributed by atoms with van der Waals surface area (Å²) in [6, 6.07) is 36.8. The quantitative estimate of drug-likeness (QED) is 0.111. The molecule has 6 nitrogen and oxygen atoms in total. The average Bonchev–Trinajstić information content (AvgIpc) is 3.04. The van der Waals surface area contributed by atoms with Gasteiger partial charge in [0.2, 0.25) is 0 Å². The van der Waals surface area contributed by atoms with Crippen LogP contribution in [0.1, 0.15) is 48.1 Å². The van der Waals surface area contributed by atoms with Crippen molar-refractivity contribution in [2.24, 2.45) is 0 Å². The van der Waals surface area contributed by atoms with Crippen LogP contribution in [0, 0.1) is 0 Å². The highest BCUT2D eigenvalue weighted by Crippen LogP contribution is 2.26. The number of carbonyl (C=O) groups is 1. The third kappa shape index (κ3) is 7.82. The van der Waals surface area contributed by atoms with Crippen molar-refractivity contribution in [3.8, 4) is 11.1 Å². The lowest BCUT2D eigenvalue weighted by Gasteiger charge is -2.36. The largest absolute Gasteiger partial charge is 0.371 e. The number of rotatable bonds is 12. The van der Waals surface area contributed by atoms with E-state index >= 15 is 0 Å². The summed E-state index contributed by atoms with van der Waals surface area (Å²) in [5, 5.41) is 6.88. The number of amides is 1. The molecule has 1 fully saturated rings. The van der Waals surface area contributed by atoms with E-state index < -0.39 is 0 Å². The molecule has 41 heavy (non-hydrogen) atoms. The lowest BCUT2D eigenvalue weighted by Crippen LogP contribution is -2.44. The van der Waals surface area contributed by atoms with Crippen molar-refractivity contribution in [2.75, 3.05) is 36.5 Å². The first-order chi connectivity index (χ1) is 20.2. The monoisotopic (exact) mass is 549 g/mol. The summed E-state index contributed by atoms with van der Waals surface area (Å²) in [5.41, 5.74) is 5.77. The summed E-state index contributed by atoms with van der Waals surface area (Å²) in [7, 11) is 0. The minimum atomic E-state index is -0.110. The van der Waals surface area contributed by atoms with Crippen molar-refractivity contribution in [3.05, 3.63) is 120 Å². The fourth-order valence-corrected chi connectivity index (χ4v) is 5.28. The molecule has 1 heterocycles. The Hall–Kier alpha value is -3.97. The van der Waals surface area contributed by atoms with Crippen molar-refractivity contribution in [3.63, 3.8) is 0 Å². The van der Waals surface area contributed by atoms with Crippen molar-refractivity contribution < 1.29 is 14.6 Å². The van der Waals surface area contributed by atoms with Gasteiger partial charge in [0.25, 0.3) is 5.91 Å². The highest BCUT2D eigenvalue weighted by Gasteiger charge is 2.23. The van der Waals surface area contributed by atoms with Crippen molar-refractivity contribution >= 4 is 17.3 Å². The van der Waals surface area contributed by atoms with E-state index in [1.165, 1.54) is 11.3 Å². The standard InChI is InChI=1S/C35H39N3O3/c1-2-25-40-41-26-34(28-13-7-4-8-14-28)36-30-21-23-38(24-22-30)31-19-17-29(18-20-31)37-35(39)33-16-10-9-15-32(33)27-11-5-3-6-12-27/h3-20,30,34,36H,2,21-26H2,1H3,(H,37,39). The number of hydrogen-bond acceptors (Lipinski definition) is 5. The summed E-state index contributed by atoms with van der Waals surface area (Å²) in [4.78, 5) is 26.4. The van der Waals surface area contributed by atoms with E-state index in [9.17, 15) is 4.79 Å². The molecule has 0 aromatic heterocycles. The second kappa shape index (κ2) is 14.6. The topological polar surface area (TPSA) is 62.8 Å². The SMILES string of the molecule is CCCOOCC(NC1CCN(c2ccc(NC(=O)c3ccccc3-c3ccccc3)cc2)CC1)c1ccccc1. The van der Waals surface area contributed by atoms with Gasteiger partial charge < -0.3 is 15.5 Å². The summed E-state index contributed by atoms with van der Waals surface area (Å²) in [5.74, 6) is -0.110. The minimum Gasteiger partial charge on any atom is -0.371 e. The summed E-state index contributed by atoms with van der Waals surface area (Å²) < 4.78 is 0. The lowest BCUT2D eigenvalue weighted by molar-refractivity contribution is -0.298. The maximum Gasteiger partial charge on any atom is 0.256 e. The molecule has 4 aromatic carbocycles. The number of carbonyl (C=O) groups excluding carboxylic acids is 1. The van der Waals surface area contributed by atoms with Gasteiger partial charge in [-0.15, -0.1) is 0 Å². The van der Waals surface area contributed by atoms with Gasteiger partial charge in [-0.2, -0.15) is 0 Å². The molecule has 1 aliphatic rings. The Labute approximate surface area is 243 Å². The molecule has 1 atom stereocenters. The van der Waals surface area contributed by atoms with Crippen molar-refractivity contribution in [1.29, 1.82) is 0 Å².